The molecular formula is C20H23N7O3. The molecule has 10 nitrogen and oxygen atoms in total. The molecular weight excluding hydrogens is 386 g/mol. The van der Waals surface area contributed by atoms with E-state index in [1.165, 1.54) is 6.20 Å². The molecule has 0 saturated heterocycles. The minimum atomic E-state index is -0.569. The summed E-state index contributed by atoms with van der Waals surface area (Å²) in [5.41, 5.74) is 6.80. The van der Waals surface area contributed by atoms with Gasteiger partial charge in [-0.25, -0.2) is 0 Å². The number of nitrogens with zero attached hydrogens (tertiary/aromatic N) is 4. The van der Waals surface area contributed by atoms with Crippen LogP contribution in [0.5, 0.6) is 0 Å². The lowest BCUT2D eigenvalue weighted by Gasteiger charge is -2.19. The molecule has 156 valence electrons. The molecule has 3 N–H and O–H groups in total. The Bertz CT molecular complexity index is 964. The number of nitrogens with one attached hydrogen (secondary N) is 3. The molecule has 2 aromatic rings. The van der Waals surface area contributed by atoms with Gasteiger partial charge in [0.25, 0.3) is 0 Å². The van der Waals surface area contributed by atoms with Crippen molar-refractivity contribution in [2.75, 3.05) is 5.32 Å². The number of anilines is 1. The fourth-order valence-electron chi connectivity index (χ4n) is 2.44. The number of esters is 1. The second-order valence-corrected chi connectivity index (χ2v) is 7.43. The maximum atomic E-state index is 12.0. The van der Waals surface area contributed by atoms with Crippen molar-refractivity contribution >= 4 is 29.2 Å². The lowest BCUT2D eigenvalue weighted by Crippen LogP contribution is -2.35. The minimum absolute atomic E-state index is 0.0115. The number of carbonyl (C=O) groups is 2. The van der Waals surface area contributed by atoms with Gasteiger partial charge >= 0.3 is 5.97 Å². The van der Waals surface area contributed by atoms with Crippen LogP contribution in [-0.2, 0) is 14.3 Å². The van der Waals surface area contributed by atoms with Crippen molar-refractivity contribution in [2.45, 2.75) is 39.2 Å². The van der Waals surface area contributed by atoms with Crippen LogP contribution in [0.2, 0.25) is 0 Å². The number of ether oxygens (including phenoxy) is 1. The van der Waals surface area contributed by atoms with E-state index >= 15 is 0 Å². The van der Waals surface area contributed by atoms with Gasteiger partial charge in [0.05, 0.1) is 18.3 Å². The summed E-state index contributed by atoms with van der Waals surface area (Å²) in [6, 6.07) is 8.87. The van der Waals surface area contributed by atoms with Crippen molar-refractivity contribution in [3.63, 3.8) is 0 Å². The highest BCUT2D eigenvalue weighted by molar-refractivity contribution is 6.04. The Labute approximate surface area is 173 Å². The number of aromatic nitrogens is 2. The second-order valence-electron chi connectivity index (χ2n) is 7.43. The highest BCUT2D eigenvalue weighted by atomic mass is 16.6. The SMILES string of the molecule is CC(C)(C)OC(=O)CCC(=O)Nc1ccc(C2=NNC(c3ccccn3)=NN2)nc1. The van der Waals surface area contributed by atoms with Crippen LogP contribution in [0, 0.1) is 0 Å². The van der Waals surface area contributed by atoms with Crippen LogP contribution in [0.25, 0.3) is 0 Å². The predicted molar refractivity (Wildman–Crippen MR) is 112 cm³/mol. The van der Waals surface area contributed by atoms with Crippen LogP contribution in [0.3, 0.4) is 0 Å². The Kier molecular flexibility index (Phi) is 6.35. The molecule has 3 heterocycles. The average Bonchev–Trinajstić information content (AvgIpc) is 2.72. The number of hydrazone groups is 2. The van der Waals surface area contributed by atoms with E-state index in [-0.39, 0.29) is 18.7 Å². The Morgan fingerprint density at radius 3 is 2.20 bits per heavy atom. The van der Waals surface area contributed by atoms with Crippen LogP contribution in [0.15, 0.2) is 52.9 Å². The summed E-state index contributed by atoms with van der Waals surface area (Å²) >= 11 is 0. The quantitative estimate of drug-likeness (QED) is 0.620. The van der Waals surface area contributed by atoms with Crippen LogP contribution in [0.1, 0.15) is 45.0 Å². The summed E-state index contributed by atoms with van der Waals surface area (Å²) in [4.78, 5) is 32.2. The van der Waals surface area contributed by atoms with Gasteiger partial charge in [-0.2, -0.15) is 10.2 Å². The fourth-order valence-corrected chi connectivity index (χ4v) is 2.44. The van der Waals surface area contributed by atoms with Crippen molar-refractivity contribution in [3.8, 4) is 0 Å². The van der Waals surface area contributed by atoms with Crippen molar-refractivity contribution in [2.24, 2.45) is 10.2 Å². The van der Waals surface area contributed by atoms with Gasteiger partial charge in [-0.1, -0.05) is 6.07 Å². The van der Waals surface area contributed by atoms with Gasteiger partial charge < -0.3 is 10.1 Å². The summed E-state index contributed by atoms with van der Waals surface area (Å²) in [5, 5.41) is 11.1. The van der Waals surface area contributed by atoms with E-state index in [9.17, 15) is 9.59 Å². The maximum absolute atomic E-state index is 12.0. The molecule has 0 bridgehead atoms. The van der Waals surface area contributed by atoms with Crippen LogP contribution in [-0.4, -0.2) is 39.1 Å². The number of hydrogen-bond acceptors (Lipinski definition) is 9. The lowest BCUT2D eigenvalue weighted by atomic mass is 10.2. The minimum Gasteiger partial charge on any atom is -0.460 e. The Balaban J connectivity index is 1.50. The molecule has 0 fully saturated rings. The van der Waals surface area contributed by atoms with Gasteiger partial charge in [-0.15, -0.1) is 0 Å². The largest absolute Gasteiger partial charge is 0.460 e. The zero-order chi connectivity index (χ0) is 21.6. The first-order valence-electron chi connectivity index (χ1n) is 9.37. The Morgan fingerprint density at radius 2 is 1.67 bits per heavy atom. The fraction of sp³-hybridized carbons (Fsp3) is 0.300. The summed E-state index contributed by atoms with van der Waals surface area (Å²) in [6.45, 7) is 5.34. The number of hydrogen-bond donors (Lipinski definition) is 3. The van der Waals surface area contributed by atoms with Crippen LogP contribution < -0.4 is 16.2 Å². The lowest BCUT2D eigenvalue weighted by molar-refractivity contribution is -0.155. The molecule has 0 aromatic carbocycles. The third-order valence-electron chi connectivity index (χ3n) is 3.72. The van der Waals surface area contributed by atoms with Gasteiger partial charge in [-0.05, 0) is 45.0 Å². The van der Waals surface area contributed by atoms with E-state index in [0.29, 0.717) is 28.7 Å². The molecule has 2 aromatic heterocycles. The summed E-state index contributed by atoms with van der Waals surface area (Å²) in [6.07, 6.45) is 3.21. The number of amides is 1. The number of amidine groups is 2. The van der Waals surface area contributed by atoms with Gasteiger partial charge in [0.2, 0.25) is 5.91 Å². The van der Waals surface area contributed by atoms with E-state index in [1.54, 1.807) is 39.1 Å². The molecule has 0 spiro atoms. The molecule has 3 rings (SSSR count). The molecule has 1 aliphatic heterocycles. The summed E-state index contributed by atoms with van der Waals surface area (Å²) in [7, 11) is 0. The van der Waals surface area contributed by atoms with E-state index in [0.717, 1.165) is 0 Å². The Hall–Kier alpha value is -3.82. The topological polar surface area (TPSA) is 130 Å². The molecule has 10 heteroatoms. The molecule has 30 heavy (non-hydrogen) atoms. The van der Waals surface area contributed by atoms with E-state index in [4.69, 9.17) is 4.74 Å². The normalized spacial score (nSPS) is 13.3. The molecule has 0 radical (unpaired) electrons. The van der Waals surface area contributed by atoms with Crippen molar-refractivity contribution in [1.29, 1.82) is 0 Å². The van der Waals surface area contributed by atoms with Gasteiger partial charge in [-0.3, -0.25) is 30.4 Å². The number of pyridine rings is 2. The molecule has 0 saturated carbocycles. The third kappa shape index (κ3) is 6.09. The molecule has 0 aliphatic carbocycles. The molecule has 1 amide bonds. The highest BCUT2D eigenvalue weighted by Gasteiger charge is 2.17. The number of rotatable bonds is 6. The standard InChI is InChI=1S/C20H23N7O3/c1-20(2,3)30-17(29)10-9-16(28)23-13-7-8-15(22-12-13)19-26-24-18(25-27-19)14-6-4-5-11-21-14/h4-8,11-12H,9-10H2,1-3H3,(H,23,28)(H,24,25)(H,26,27). The second kappa shape index (κ2) is 9.12. The van der Waals surface area contributed by atoms with Crippen LogP contribution in [0.4, 0.5) is 5.69 Å². The zero-order valence-electron chi connectivity index (χ0n) is 17.0. The molecule has 1 aliphatic rings. The highest BCUT2D eigenvalue weighted by Crippen LogP contribution is 2.11. The van der Waals surface area contributed by atoms with Gasteiger partial charge in [0, 0.05) is 12.6 Å². The third-order valence-corrected chi connectivity index (χ3v) is 3.72. The smallest absolute Gasteiger partial charge is 0.306 e. The van der Waals surface area contributed by atoms with Gasteiger partial charge in [0.1, 0.15) is 17.0 Å². The van der Waals surface area contributed by atoms with E-state index < -0.39 is 11.6 Å². The molecule has 0 atom stereocenters. The summed E-state index contributed by atoms with van der Waals surface area (Å²) < 4.78 is 5.19. The van der Waals surface area contributed by atoms with Crippen molar-refractivity contribution in [3.05, 3.63) is 54.1 Å². The van der Waals surface area contributed by atoms with Crippen molar-refractivity contribution in [1.82, 2.24) is 20.8 Å². The van der Waals surface area contributed by atoms with Gasteiger partial charge in [0.15, 0.2) is 11.7 Å². The van der Waals surface area contributed by atoms with Crippen LogP contribution >= 0.6 is 0 Å². The summed E-state index contributed by atoms with van der Waals surface area (Å²) in [5.74, 6) is 0.214. The maximum Gasteiger partial charge on any atom is 0.306 e. The van der Waals surface area contributed by atoms with E-state index in [1.807, 2.05) is 18.2 Å². The first kappa shape index (κ1) is 20.9. The van der Waals surface area contributed by atoms with E-state index in [2.05, 4.69) is 36.3 Å². The predicted octanol–water partition coefficient (Wildman–Crippen LogP) is 1.75. The average molecular weight is 409 g/mol. The van der Waals surface area contributed by atoms with Crippen molar-refractivity contribution < 1.29 is 14.3 Å². The number of carbonyl (C=O) groups excluding carboxylic acids is 2. The first-order valence-corrected chi connectivity index (χ1v) is 9.37. The first-order chi connectivity index (χ1) is 14.3. The zero-order valence-corrected chi connectivity index (χ0v) is 17.0. The monoisotopic (exact) mass is 409 g/mol. The Morgan fingerprint density at radius 1 is 0.967 bits per heavy atom. The molecule has 0 unspecified atom stereocenters.